The van der Waals surface area contributed by atoms with Gasteiger partial charge in [0.2, 0.25) is 5.43 Å². The first-order valence-corrected chi connectivity index (χ1v) is 5.04. The van der Waals surface area contributed by atoms with Crippen molar-refractivity contribution in [1.82, 2.24) is 4.57 Å². The minimum atomic E-state index is -2.85. The molecule has 1 atom stereocenters. The van der Waals surface area contributed by atoms with Crippen molar-refractivity contribution in [3.05, 3.63) is 27.2 Å². The fourth-order valence-electron chi connectivity index (χ4n) is 1.48. The SMILES string of the molecule is Cc1c(C)n(C)c(C(Cl)C(F)F)c(O)c1=O. The van der Waals surface area contributed by atoms with Crippen molar-refractivity contribution >= 4 is 11.6 Å². The summed E-state index contributed by atoms with van der Waals surface area (Å²) in [5.41, 5.74) is -0.0763. The number of nitrogens with zero attached hydrogens (tertiary/aromatic N) is 1. The molecule has 0 radical (unpaired) electrons. The van der Waals surface area contributed by atoms with E-state index < -0.39 is 23.0 Å². The Morgan fingerprint density at radius 1 is 1.38 bits per heavy atom. The molecule has 0 spiro atoms. The number of halogens is 3. The minimum Gasteiger partial charge on any atom is -0.503 e. The zero-order valence-corrected chi connectivity index (χ0v) is 9.85. The van der Waals surface area contributed by atoms with Crippen LogP contribution in [0.15, 0.2) is 4.79 Å². The second kappa shape index (κ2) is 4.41. The fraction of sp³-hybridized carbons (Fsp3) is 0.500. The number of hydrogen-bond acceptors (Lipinski definition) is 2. The van der Waals surface area contributed by atoms with Crippen LogP contribution in [-0.2, 0) is 7.05 Å². The second-order valence-electron chi connectivity index (χ2n) is 3.57. The van der Waals surface area contributed by atoms with E-state index in [1.807, 2.05) is 0 Å². The summed E-state index contributed by atoms with van der Waals surface area (Å²) in [6, 6.07) is 0. The van der Waals surface area contributed by atoms with Crippen LogP contribution in [-0.4, -0.2) is 16.1 Å². The summed E-state index contributed by atoms with van der Waals surface area (Å²) in [7, 11) is 1.48. The molecule has 1 rings (SSSR count). The molecule has 90 valence electrons. The summed E-state index contributed by atoms with van der Waals surface area (Å²) >= 11 is 5.48. The maximum Gasteiger partial charge on any atom is 0.260 e. The van der Waals surface area contributed by atoms with E-state index in [0.717, 1.165) is 0 Å². The maximum atomic E-state index is 12.5. The molecule has 0 saturated heterocycles. The molecule has 1 aromatic heterocycles. The third-order valence-electron chi connectivity index (χ3n) is 2.69. The maximum absolute atomic E-state index is 12.5. The number of pyridine rings is 1. The first-order chi connectivity index (χ1) is 7.29. The monoisotopic (exact) mass is 251 g/mol. The van der Waals surface area contributed by atoms with E-state index in [1.54, 1.807) is 6.92 Å². The lowest BCUT2D eigenvalue weighted by atomic mass is 10.1. The Morgan fingerprint density at radius 2 is 1.88 bits per heavy atom. The highest BCUT2D eigenvalue weighted by molar-refractivity contribution is 6.21. The molecule has 1 N–H and O–H groups in total. The van der Waals surface area contributed by atoms with Crippen molar-refractivity contribution in [1.29, 1.82) is 0 Å². The van der Waals surface area contributed by atoms with Gasteiger partial charge in [-0.3, -0.25) is 4.79 Å². The average Bonchev–Trinajstić information content (AvgIpc) is 2.23. The lowest BCUT2D eigenvalue weighted by molar-refractivity contribution is 0.139. The summed E-state index contributed by atoms with van der Waals surface area (Å²) in [5.74, 6) is -0.703. The van der Waals surface area contributed by atoms with Crippen molar-refractivity contribution in [3.8, 4) is 5.75 Å². The van der Waals surface area contributed by atoms with Crippen molar-refractivity contribution in [2.24, 2.45) is 7.05 Å². The first-order valence-electron chi connectivity index (χ1n) is 4.60. The number of alkyl halides is 3. The minimum absolute atomic E-state index is 0.246. The number of aromatic nitrogens is 1. The second-order valence-corrected chi connectivity index (χ2v) is 4.04. The number of hydrogen-bond donors (Lipinski definition) is 1. The molecule has 0 fully saturated rings. The van der Waals surface area contributed by atoms with Gasteiger partial charge in [-0.05, 0) is 13.8 Å². The highest BCUT2D eigenvalue weighted by Crippen LogP contribution is 2.32. The molecule has 0 aromatic carbocycles. The van der Waals surface area contributed by atoms with E-state index in [0.29, 0.717) is 11.3 Å². The van der Waals surface area contributed by atoms with E-state index in [9.17, 15) is 18.7 Å². The normalized spacial score (nSPS) is 13.2. The highest BCUT2D eigenvalue weighted by Gasteiger charge is 2.27. The quantitative estimate of drug-likeness (QED) is 0.820. The summed E-state index contributed by atoms with van der Waals surface area (Å²) in [5, 5.41) is 7.85. The standard InChI is InChI=1S/C10H12ClF2NO2/c1-4-5(2)14(3)7(6(11)10(12)13)9(16)8(4)15/h6,10,16H,1-3H3. The zero-order valence-electron chi connectivity index (χ0n) is 9.09. The predicted molar refractivity (Wildman–Crippen MR) is 57.4 cm³/mol. The van der Waals surface area contributed by atoms with Gasteiger partial charge in [0, 0.05) is 18.3 Å². The van der Waals surface area contributed by atoms with Crippen LogP contribution in [0.4, 0.5) is 8.78 Å². The Labute approximate surface area is 96.3 Å². The van der Waals surface area contributed by atoms with Crippen LogP contribution in [0.3, 0.4) is 0 Å². The Hall–Kier alpha value is -1.10. The molecule has 1 unspecified atom stereocenters. The Bertz CT molecular complexity index is 471. The van der Waals surface area contributed by atoms with Gasteiger partial charge >= 0.3 is 0 Å². The van der Waals surface area contributed by atoms with Gasteiger partial charge in [-0.25, -0.2) is 8.78 Å². The predicted octanol–water partition coefficient (Wildman–Crippen LogP) is 2.25. The molecule has 0 aliphatic carbocycles. The molecular formula is C10H12ClF2NO2. The molecule has 0 amide bonds. The van der Waals surface area contributed by atoms with E-state index in [-0.39, 0.29) is 5.69 Å². The molecule has 0 aliphatic heterocycles. The topological polar surface area (TPSA) is 42.2 Å². The average molecular weight is 252 g/mol. The largest absolute Gasteiger partial charge is 0.503 e. The van der Waals surface area contributed by atoms with Crippen LogP contribution < -0.4 is 5.43 Å². The van der Waals surface area contributed by atoms with E-state index in [1.165, 1.54) is 18.5 Å². The van der Waals surface area contributed by atoms with Gasteiger partial charge < -0.3 is 9.67 Å². The third kappa shape index (κ3) is 1.91. The molecular weight excluding hydrogens is 240 g/mol. The van der Waals surface area contributed by atoms with E-state index in [4.69, 9.17) is 11.6 Å². The van der Waals surface area contributed by atoms with Gasteiger partial charge in [0.1, 0.15) is 5.38 Å². The molecule has 1 aromatic rings. The molecule has 0 bridgehead atoms. The fourth-order valence-corrected chi connectivity index (χ4v) is 1.73. The van der Waals surface area contributed by atoms with Gasteiger partial charge in [0.15, 0.2) is 5.75 Å². The van der Waals surface area contributed by atoms with Crippen LogP contribution in [0.5, 0.6) is 5.75 Å². The molecule has 3 nitrogen and oxygen atoms in total. The lowest BCUT2D eigenvalue weighted by Crippen LogP contribution is -2.20. The first kappa shape index (κ1) is 13.0. The molecule has 1 heterocycles. The zero-order chi connectivity index (χ0) is 12.6. The van der Waals surface area contributed by atoms with Crippen molar-refractivity contribution in [2.75, 3.05) is 0 Å². The van der Waals surface area contributed by atoms with Crippen molar-refractivity contribution in [3.63, 3.8) is 0 Å². The van der Waals surface area contributed by atoms with Gasteiger partial charge in [-0.15, -0.1) is 11.6 Å². The van der Waals surface area contributed by atoms with Crippen LogP contribution in [0.1, 0.15) is 22.3 Å². The van der Waals surface area contributed by atoms with E-state index in [2.05, 4.69) is 0 Å². The highest BCUT2D eigenvalue weighted by atomic mass is 35.5. The Kier molecular flexibility index (Phi) is 3.57. The van der Waals surface area contributed by atoms with E-state index >= 15 is 0 Å². The third-order valence-corrected chi connectivity index (χ3v) is 3.09. The van der Waals surface area contributed by atoms with Crippen molar-refractivity contribution < 1.29 is 13.9 Å². The van der Waals surface area contributed by atoms with Crippen LogP contribution >= 0.6 is 11.6 Å². The summed E-state index contributed by atoms with van der Waals surface area (Å²) < 4.78 is 26.3. The van der Waals surface area contributed by atoms with Gasteiger partial charge in [-0.2, -0.15) is 0 Å². The van der Waals surface area contributed by atoms with Gasteiger partial charge in [0.05, 0.1) is 5.69 Å². The number of aromatic hydroxyl groups is 1. The van der Waals surface area contributed by atoms with Crippen LogP contribution in [0.2, 0.25) is 0 Å². The summed E-state index contributed by atoms with van der Waals surface area (Å²) in [6.45, 7) is 3.13. The van der Waals surface area contributed by atoms with Gasteiger partial charge in [-0.1, -0.05) is 0 Å². The van der Waals surface area contributed by atoms with Crippen molar-refractivity contribution in [2.45, 2.75) is 25.7 Å². The Balaban J connectivity index is 3.58. The van der Waals surface area contributed by atoms with Gasteiger partial charge in [0.25, 0.3) is 6.43 Å². The molecule has 0 saturated carbocycles. The molecule has 6 heteroatoms. The Morgan fingerprint density at radius 3 is 2.31 bits per heavy atom. The van der Waals surface area contributed by atoms with Crippen LogP contribution in [0, 0.1) is 13.8 Å². The smallest absolute Gasteiger partial charge is 0.260 e. The molecule has 0 aliphatic rings. The number of rotatable bonds is 2. The lowest BCUT2D eigenvalue weighted by Gasteiger charge is -2.18. The summed E-state index contributed by atoms with van der Waals surface area (Å²) in [6.07, 6.45) is -2.85. The van der Waals surface area contributed by atoms with Crippen LogP contribution in [0.25, 0.3) is 0 Å². The molecule has 16 heavy (non-hydrogen) atoms. The summed E-state index contributed by atoms with van der Waals surface area (Å²) in [4.78, 5) is 11.5.